The van der Waals surface area contributed by atoms with Gasteiger partial charge < -0.3 is 4.98 Å². The van der Waals surface area contributed by atoms with Crippen molar-refractivity contribution in [2.45, 2.75) is 39.0 Å². The first-order valence-electron chi connectivity index (χ1n) is 7.46. The Morgan fingerprint density at radius 2 is 1.90 bits per heavy atom. The standard InChI is InChI=1S/C17H18Br2N2/c1-2-3-4-5-6-11-12-7-9-14(18)20-16(12)17-13(11)8-10-15(19)21-17/h7-10,20H,2-6H2,1H3. The molecule has 4 heteroatoms. The summed E-state index contributed by atoms with van der Waals surface area (Å²) in [7, 11) is 0. The minimum absolute atomic E-state index is 0.882. The van der Waals surface area contributed by atoms with Gasteiger partial charge in [0.1, 0.15) is 4.60 Å². The maximum Gasteiger partial charge on any atom is 0.106 e. The molecule has 1 N–H and O–H groups in total. The number of hydrogen-bond donors (Lipinski definition) is 1. The Hall–Kier alpha value is -0.870. The normalized spacial score (nSPS) is 11.6. The van der Waals surface area contributed by atoms with Crippen molar-refractivity contribution in [2.24, 2.45) is 0 Å². The summed E-state index contributed by atoms with van der Waals surface area (Å²) >= 11 is 7.01. The molecule has 0 spiro atoms. The van der Waals surface area contributed by atoms with Gasteiger partial charge in [-0.05, 0) is 74.5 Å². The Morgan fingerprint density at radius 1 is 1.05 bits per heavy atom. The van der Waals surface area contributed by atoms with Crippen LogP contribution in [0.4, 0.5) is 0 Å². The topological polar surface area (TPSA) is 28.7 Å². The molecule has 3 rings (SSSR count). The number of fused-ring (bicyclic) bond motifs is 3. The van der Waals surface area contributed by atoms with Crippen LogP contribution in [0.1, 0.15) is 38.2 Å². The molecule has 110 valence electrons. The van der Waals surface area contributed by atoms with E-state index in [1.54, 1.807) is 0 Å². The van der Waals surface area contributed by atoms with E-state index in [4.69, 9.17) is 0 Å². The summed E-state index contributed by atoms with van der Waals surface area (Å²) in [5, 5.41) is 1.28. The number of aryl methyl sites for hydroxylation is 1. The van der Waals surface area contributed by atoms with Gasteiger partial charge in [0.05, 0.1) is 15.8 Å². The lowest BCUT2D eigenvalue weighted by Gasteiger charge is -2.05. The predicted octanol–water partition coefficient (Wildman–Crippen LogP) is 6.32. The molecule has 21 heavy (non-hydrogen) atoms. The minimum atomic E-state index is 0.882. The van der Waals surface area contributed by atoms with Crippen molar-refractivity contribution in [3.05, 3.63) is 39.0 Å². The molecule has 2 nitrogen and oxygen atoms in total. The molecule has 0 amide bonds. The van der Waals surface area contributed by atoms with Gasteiger partial charge >= 0.3 is 0 Å². The molecule has 0 saturated heterocycles. The lowest BCUT2D eigenvalue weighted by Crippen LogP contribution is -1.88. The second-order valence-corrected chi connectivity index (χ2v) is 7.08. The number of nitrogens with zero attached hydrogens (tertiary/aromatic N) is 1. The Labute approximate surface area is 142 Å². The number of rotatable bonds is 5. The van der Waals surface area contributed by atoms with Crippen LogP contribution in [-0.4, -0.2) is 9.97 Å². The summed E-state index contributed by atoms with van der Waals surface area (Å²) < 4.78 is 1.87. The summed E-state index contributed by atoms with van der Waals surface area (Å²) in [5.74, 6) is 0. The lowest BCUT2D eigenvalue weighted by atomic mass is 10.0. The number of aromatic amines is 1. The third kappa shape index (κ3) is 3.02. The van der Waals surface area contributed by atoms with Crippen LogP contribution in [0.25, 0.3) is 22.2 Å². The summed E-state index contributed by atoms with van der Waals surface area (Å²) in [5.41, 5.74) is 4.92. The first-order valence-corrected chi connectivity index (χ1v) is 9.04. The van der Waals surface area contributed by atoms with Crippen LogP contribution in [0.5, 0.6) is 0 Å². The highest BCUT2D eigenvalue weighted by atomic mass is 79.9. The first-order chi connectivity index (χ1) is 10.2. The number of H-pyrrole nitrogens is 1. The van der Waals surface area contributed by atoms with E-state index in [9.17, 15) is 0 Å². The Kier molecular flexibility index (Phi) is 4.65. The van der Waals surface area contributed by atoms with Crippen LogP contribution in [-0.2, 0) is 6.42 Å². The van der Waals surface area contributed by atoms with Crippen LogP contribution < -0.4 is 0 Å². The van der Waals surface area contributed by atoms with E-state index < -0.39 is 0 Å². The fraction of sp³-hybridized carbons (Fsp3) is 0.353. The van der Waals surface area contributed by atoms with Crippen molar-refractivity contribution in [3.8, 4) is 11.3 Å². The fourth-order valence-electron chi connectivity index (χ4n) is 2.92. The van der Waals surface area contributed by atoms with E-state index in [1.807, 2.05) is 6.07 Å². The second kappa shape index (κ2) is 6.49. The van der Waals surface area contributed by atoms with Crippen molar-refractivity contribution < 1.29 is 0 Å². The summed E-state index contributed by atoms with van der Waals surface area (Å²) in [6.07, 6.45) is 6.26. The van der Waals surface area contributed by atoms with Gasteiger partial charge in [-0.3, -0.25) is 0 Å². The lowest BCUT2D eigenvalue weighted by molar-refractivity contribution is 0.669. The minimum Gasteiger partial charge on any atom is -0.348 e. The Morgan fingerprint density at radius 3 is 2.71 bits per heavy atom. The Bertz CT molecular complexity index is 733. The van der Waals surface area contributed by atoms with Gasteiger partial charge in [-0.1, -0.05) is 26.2 Å². The molecule has 1 aromatic rings. The van der Waals surface area contributed by atoms with Crippen LogP contribution >= 0.6 is 31.9 Å². The third-order valence-corrected chi connectivity index (χ3v) is 4.84. The van der Waals surface area contributed by atoms with Gasteiger partial charge in [-0.25, -0.2) is 4.98 Å². The first kappa shape index (κ1) is 15.0. The molecule has 0 saturated carbocycles. The summed E-state index contributed by atoms with van der Waals surface area (Å²) in [6, 6.07) is 8.49. The molecule has 1 aliphatic carbocycles. The average Bonchev–Trinajstić information content (AvgIpc) is 2.77. The molecule has 0 fully saturated rings. The van der Waals surface area contributed by atoms with Crippen LogP contribution in [0.3, 0.4) is 0 Å². The summed E-state index contributed by atoms with van der Waals surface area (Å²) in [6.45, 7) is 2.25. The molecule has 0 unspecified atom stereocenters. The van der Waals surface area contributed by atoms with E-state index in [1.165, 1.54) is 42.2 Å². The van der Waals surface area contributed by atoms with Gasteiger partial charge in [-0.15, -0.1) is 0 Å². The van der Waals surface area contributed by atoms with E-state index in [0.29, 0.717) is 0 Å². The fourth-order valence-corrected chi connectivity index (χ4v) is 3.56. The molecule has 0 aromatic carbocycles. The number of pyridine rings is 2. The highest BCUT2D eigenvalue weighted by molar-refractivity contribution is 9.10. The van der Waals surface area contributed by atoms with Gasteiger partial charge in [0.15, 0.2) is 0 Å². The molecular weight excluding hydrogens is 392 g/mol. The summed E-state index contributed by atoms with van der Waals surface area (Å²) in [4.78, 5) is 8.09. The molecule has 2 aliphatic rings. The van der Waals surface area contributed by atoms with Crippen molar-refractivity contribution >= 4 is 42.8 Å². The van der Waals surface area contributed by atoms with E-state index >= 15 is 0 Å². The van der Waals surface area contributed by atoms with E-state index in [-0.39, 0.29) is 0 Å². The second-order valence-electron chi connectivity index (χ2n) is 5.41. The average molecular weight is 410 g/mol. The number of halogens is 2. The molecule has 1 aromatic heterocycles. The van der Waals surface area contributed by atoms with Crippen molar-refractivity contribution in [1.29, 1.82) is 0 Å². The molecule has 0 radical (unpaired) electrons. The zero-order valence-electron chi connectivity index (χ0n) is 12.0. The zero-order chi connectivity index (χ0) is 14.8. The smallest absolute Gasteiger partial charge is 0.106 e. The van der Waals surface area contributed by atoms with Crippen molar-refractivity contribution in [3.63, 3.8) is 0 Å². The van der Waals surface area contributed by atoms with Gasteiger partial charge in [0.25, 0.3) is 0 Å². The van der Waals surface area contributed by atoms with Gasteiger partial charge in [-0.2, -0.15) is 0 Å². The monoisotopic (exact) mass is 408 g/mol. The highest BCUT2D eigenvalue weighted by Gasteiger charge is 2.19. The van der Waals surface area contributed by atoms with E-state index in [2.05, 4.69) is 67.0 Å². The van der Waals surface area contributed by atoms with Gasteiger partial charge in [0.2, 0.25) is 0 Å². The molecule has 0 bridgehead atoms. The van der Waals surface area contributed by atoms with Gasteiger partial charge in [0, 0.05) is 10.9 Å². The molecule has 0 atom stereocenters. The third-order valence-electron chi connectivity index (χ3n) is 3.94. The van der Waals surface area contributed by atoms with Crippen LogP contribution in [0, 0.1) is 0 Å². The number of unbranched alkanes of at least 4 members (excludes halogenated alkanes) is 3. The molecule has 1 aliphatic heterocycles. The number of hydrogen-bond acceptors (Lipinski definition) is 1. The molecular formula is C17H18Br2N2. The predicted molar refractivity (Wildman–Crippen MR) is 96.0 cm³/mol. The maximum absolute atomic E-state index is 4.67. The van der Waals surface area contributed by atoms with Crippen LogP contribution in [0.2, 0.25) is 0 Å². The maximum atomic E-state index is 4.67. The van der Waals surface area contributed by atoms with Crippen molar-refractivity contribution in [1.82, 2.24) is 9.97 Å². The number of nitrogens with one attached hydrogen (secondary N) is 1. The highest BCUT2D eigenvalue weighted by Crippen LogP contribution is 2.39. The van der Waals surface area contributed by atoms with Crippen LogP contribution in [0.15, 0.2) is 33.5 Å². The number of aromatic nitrogens is 2. The molecule has 2 heterocycles. The van der Waals surface area contributed by atoms with Crippen molar-refractivity contribution in [2.75, 3.05) is 0 Å². The SMILES string of the molecule is CCCCCCc1c2ccc(Br)[nH]c-2c2nc(Br)ccc12. The zero-order valence-corrected chi connectivity index (χ0v) is 15.2. The Balaban J connectivity index is 2.08. The largest absolute Gasteiger partial charge is 0.348 e. The van der Waals surface area contributed by atoms with E-state index in [0.717, 1.165) is 26.8 Å². The quantitative estimate of drug-likeness (QED) is 0.387.